The second kappa shape index (κ2) is 9.70. The van der Waals surface area contributed by atoms with Gasteiger partial charge < -0.3 is 25.4 Å². The lowest BCUT2D eigenvalue weighted by Crippen LogP contribution is -2.62. The number of aliphatic hydroxyl groups excluding tert-OH is 3. The molecule has 0 saturated heterocycles. The van der Waals surface area contributed by atoms with Crippen molar-refractivity contribution in [2.24, 2.45) is 46.3 Å². The Morgan fingerprint density at radius 3 is 2.50 bits per heavy atom. The molecule has 1 amide bonds. The number of nitrogens with one attached hydrogen (secondary N) is 1. The molecule has 0 bridgehead atoms. The number of aliphatic hydroxyl groups is 3. The van der Waals surface area contributed by atoms with Crippen molar-refractivity contribution in [2.45, 2.75) is 96.9 Å². The van der Waals surface area contributed by atoms with Crippen molar-refractivity contribution in [1.82, 2.24) is 5.32 Å². The first-order chi connectivity index (χ1) is 16.0. The fourth-order valence-electron chi connectivity index (χ4n) is 9.02. The van der Waals surface area contributed by atoms with Crippen LogP contribution in [0.1, 0.15) is 78.6 Å². The first-order valence-electron chi connectivity index (χ1n) is 13.4. The molecule has 0 heterocycles. The molecule has 4 rings (SSSR count). The fraction of sp³-hybridized carbons (Fsp3) is 0.926. The van der Waals surface area contributed by atoms with E-state index >= 15 is 0 Å². The molecule has 4 aliphatic carbocycles. The van der Waals surface area contributed by atoms with Crippen molar-refractivity contribution in [2.75, 3.05) is 13.7 Å². The number of carbonyl (C=O) groups excluding carboxylic acids is 2. The van der Waals surface area contributed by atoms with Crippen LogP contribution >= 0.6 is 0 Å². The number of esters is 1. The van der Waals surface area contributed by atoms with Crippen molar-refractivity contribution >= 4 is 11.9 Å². The molecule has 7 nitrogen and oxygen atoms in total. The van der Waals surface area contributed by atoms with Gasteiger partial charge in [0, 0.05) is 6.42 Å². The van der Waals surface area contributed by atoms with Crippen LogP contribution < -0.4 is 5.32 Å². The summed E-state index contributed by atoms with van der Waals surface area (Å²) in [6.07, 6.45) is 6.08. The van der Waals surface area contributed by atoms with E-state index in [0.717, 1.165) is 44.9 Å². The topological polar surface area (TPSA) is 116 Å². The van der Waals surface area contributed by atoms with Gasteiger partial charge in [0.25, 0.3) is 0 Å². The second-order valence-electron chi connectivity index (χ2n) is 12.4. The zero-order valence-corrected chi connectivity index (χ0v) is 21.3. The Morgan fingerprint density at radius 1 is 1.06 bits per heavy atom. The molecule has 4 saturated carbocycles. The third-order valence-corrected chi connectivity index (χ3v) is 11.0. The maximum Gasteiger partial charge on any atom is 0.325 e. The van der Waals surface area contributed by atoms with Crippen LogP contribution in [-0.4, -0.2) is 59.2 Å². The summed E-state index contributed by atoms with van der Waals surface area (Å²) < 4.78 is 4.57. The fourth-order valence-corrected chi connectivity index (χ4v) is 9.02. The van der Waals surface area contributed by atoms with Crippen LogP contribution in [-0.2, 0) is 14.3 Å². The highest BCUT2D eigenvalue weighted by Crippen LogP contribution is 2.68. The molecule has 0 aromatic rings. The van der Waals surface area contributed by atoms with Gasteiger partial charge >= 0.3 is 5.97 Å². The normalized spacial score (nSPS) is 46.6. The molecule has 0 radical (unpaired) electrons. The van der Waals surface area contributed by atoms with Gasteiger partial charge in [-0.05, 0) is 97.7 Å². The highest BCUT2D eigenvalue weighted by molar-refractivity contribution is 5.81. The summed E-state index contributed by atoms with van der Waals surface area (Å²) in [5.74, 6) is 1.05. The van der Waals surface area contributed by atoms with E-state index < -0.39 is 12.1 Å². The van der Waals surface area contributed by atoms with Gasteiger partial charge in [-0.1, -0.05) is 20.8 Å². The molecule has 34 heavy (non-hydrogen) atoms. The van der Waals surface area contributed by atoms with Gasteiger partial charge in [-0.15, -0.1) is 0 Å². The predicted molar refractivity (Wildman–Crippen MR) is 127 cm³/mol. The van der Waals surface area contributed by atoms with Crippen molar-refractivity contribution in [1.29, 1.82) is 0 Å². The molecule has 0 aliphatic heterocycles. The summed E-state index contributed by atoms with van der Waals surface area (Å²) in [7, 11) is 1.30. The van der Waals surface area contributed by atoms with Gasteiger partial charge in [0.05, 0.1) is 25.4 Å². The highest BCUT2D eigenvalue weighted by Gasteiger charge is 2.65. The van der Waals surface area contributed by atoms with Gasteiger partial charge in [-0.25, -0.2) is 0 Å². The van der Waals surface area contributed by atoms with Gasteiger partial charge in [-0.3, -0.25) is 9.59 Å². The number of rotatable bonds is 6. The summed E-state index contributed by atoms with van der Waals surface area (Å²) in [5, 5.41) is 35.9. The molecule has 4 N–H and O–H groups in total. The zero-order valence-electron chi connectivity index (χ0n) is 21.3. The summed E-state index contributed by atoms with van der Waals surface area (Å²) in [6, 6.07) is 0. The molecule has 4 aliphatic rings. The number of hydrogen-bond donors (Lipinski definition) is 4. The first kappa shape index (κ1) is 25.9. The van der Waals surface area contributed by atoms with Gasteiger partial charge in [0.2, 0.25) is 5.91 Å². The standard InChI is InChI=1S/C27H45NO6/c1-15(5-8-23(32)28-14-24(33)34-4)18-6-7-19-25-20(13-22(31)27(18,19)3)26(2)10-9-17(29)11-16(26)12-21(25)30/h15-22,25,29-31H,5-14H2,1-4H3,(H,28,32)/t15-,16+,17-,18-,19+,20+,21+,22+,25+,26+,27-/m1/s1. The van der Waals surface area contributed by atoms with E-state index in [-0.39, 0.29) is 53.2 Å². The Kier molecular flexibility index (Phi) is 7.39. The SMILES string of the molecule is COC(=O)CNC(=O)CC[C@@H](C)[C@H]1CC[C@H]2[C@@H]3[C@@H](O)C[C@@H]4C[C@H](O)CC[C@]4(C)[C@H]3C[C@H](O)[C@]12C. The smallest absolute Gasteiger partial charge is 0.325 e. The first-order valence-corrected chi connectivity index (χ1v) is 13.4. The van der Waals surface area contributed by atoms with Crippen LogP contribution in [0.4, 0.5) is 0 Å². The minimum Gasteiger partial charge on any atom is -0.468 e. The Bertz CT molecular complexity index is 774. The average molecular weight is 480 g/mol. The van der Waals surface area contributed by atoms with Crippen LogP contribution in [0.25, 0.3) is 0 Å². The van der Waals surface area contributed by atoms with Crippen molar-refractivity contribution in [3.63, 3.8) is 0 Å². The van der Waals surface area contributed by atoms with Crippen LogP contribution in [0.2, 0.25) is 0 Å². The molecule has 7 heteroatoms. The van der Waals surface area contributed by atoms with E-state index in [0.29, 0.717) is 30.6 Å². The van der Waals surface area contributed by atoms with E-state index in [2.05, 4.69) is 30.8 Å². The molecular formula is C27H45NO6. The average Bonchev–Trinajstić information content (AvgIpc) is 3.16. The third kappa shape index (κ3) is 4.30. The minimum atomic E-state index is -0.457. The number of carbonyl (C=O) groups is 2. The maximum absolute atomic E-state index is 12.2. The van der Waals surface area contributed by atoms with E-state index in [1.165, 1.54) is 7.11 Å². The van der Waals surface area contributed by atoms with E-state index in [9.17, 15) is 24.9 Å². The van der Waals surface area contributed by atoms with Gasteiger partial charge in [-0.2, -0.15) is 0 Å². The molecule has 0 unspecified atom stereocenters. The van der Waals surface area contributed by atoms with Crippen molar-refractivity contribution in [3.8, 4) is 0 Å². The number of methoxy groups -OCH3 is 1. The molecule has 194 valence electrons. The van der Waals surface area contributed by atoms with E-state index in [1.807, 2.05) is 0 Å². The van der Waals surface area contributed by atoms with E-state index in [1.54, 1.807) is 0 Å². The van der Waals surface area contributed by atoms with Crippen LogP contribution in [0.5, 0.6) is 0 Å². The lowest BCUT2D eigenvalue weighted by atomic mass is 9.43. The maximum atomic E-state index is 12.2. The monoisotopic (exact) mass is 479 g/mol. The highest BCUT2D eigenvalue weighted by atomic mass is 16.5. The van der Waals surface area contributed by atoms with Crippen LogP contribution in [0, 0.1) is 46.3 Å². The Balaban J connectivity index is 1.46. The van der Waals surface area contributed by atoms with Crippen LogP contribution in [0.15, 0.2) is 0 Å². The molecule has 0 aromatic heterocycles. The Morgan fingerprint density at radius 2 is 1.79 bits per heavy atom. The summed E-state index contributed by atoms with van der Waals surface area (Å²) in [6.45, 7) is 6.66. The molecular weight excluding hydrogens is 434 g/mol. The predicted octanol–water partition coefficient (Wildman–Crippen LogP) is 2.65. The molecule has 0 aromatic carbocycles. The van der Waals surface area contributed by atoms with Crippen molar-refractivity contribution in [3.05, 3.63) is 0 Å². The van der Waals surface area contributed by atoms with Gasteiger partial charge in [0.1, 0.15) is 6.54 Å². The Hall–Kier alpha value is -1.18. The summed E-state index contributed by atoms with van der Waals surface area (Å²) >= 11 is 0. The summed E-state index contributed by atoms with van der Waals surface area (Å²) in [4.78, 5) is 23.5. The number of hydrogen-bond acceptors (Lipinski definition) is 6. The lowest BCUT2D eigenvalue weighted by molar-refractivity contribution is -0.207. The van der Waals surface area contributed by atoms with Gasteiger partial charge in [0.15, 0.2) is 0 Å². The number of amides is 1. The third-order valence-electron chi connectivity index (χ3n) is 11.0. The minimum absolute atomic E-state index is 0.0763. The molecule has 11 atom stereocenters. The molecule has 0 spiro atoms. The largest absolute Gasteiger partial charge is 0.468 e. The van der Waals surface area contributed by atoms with Crippen molar-refractivity contribution < 1.29 is 29.6 Å². The lowest BCUT2D eigenvalue weighted by Gasteiger charge is -2.63. The zero-order chi connectivity index (χ0) is 24.8. The number of fused-ring (bicyclic) bond motifs is 5. The summed E-state index contributed by atoms with van der Waals surface area (Å²) in [5.41, 5.74) is -0.186. The van der Waals surface area contributed by atoms with E-state index in [4.69, 9.17) is 0 Å². The molecule has 4 fully saturated rings. The Labute approximate surface area is 204 Å². The quantitative estimate of drug-likeness (QED) is 0.435. The van der Waals surface area contributed by atoms with Crippen LogP contribution in [0.3, 0.4) is 0 Å². The second-order valence-corrected chi connectivity index (χ2v) is 12.4. The number of ether oxygens (including phenoxy) is 1.